The lowest BCUT2D eigenvalue weighted by Gasteiger charge is -2.13. The molecule has 2 aromatic rings. The van der Waals surface area contributed by atoms with Crippen LogP contribution in [0.5, 0.6) is 11.5 Å². The van der Waals surface area contributed by atoms with Crippen molar-refractivity contribution < 1.29 is 22.6 Å². The first-order valence-corrected chi connectivity index (χ1v) is 8.54. The number of aromatic nitrogens is 1. The average molecular weight is 388 g/mol. The van der Waals surface area contributed by atoms with E-state index in [2.05, 4.69) is 20.6 Å². The van der Waals surface area contributed by atoms with Gasteiger partial charge in [-0.1, -0.05) is 0 Å². The Hall–Kier alpha value is -2.49. The van der Waals surface area contributed by atoms with E-state index in [1.165, 1.54) is 7.11 Å². The first-order valence-electron chi connectivity index (χ1n) is 7.66. The topological polar surface area (TPSA) is 67.8 Å². The number of benzene rings is 1. The van der Waals surface area contributed by atoms with E-state index >= 15 is 0 Å². The number of ether oxygens (including phenoxy) is 2. The van der Waals surface area contributed by atoms with Crippen molar-refractivity contribution in [3.8, 4) is 11.5 Å². The first-order chi connectivity index (χ1) is 12.4. The molecule has 0 aliphatic heterocycles. The minimum absolute atomic E-state index is 0.0311. The summed E-state index contributed by atoms with van der Waals surface area (Å²) < 4.78 is 48.2. The van der Waals surface area contributed by atoms with E-state index in [4.69, 9.17) is 9.47 Å². The van der Waals surface area contributed by atoms with Crippen molar-refractivity contribution >= 4 is 23.0 Å². The molecule has 1 heterocycles. The largest absolute Gasteiger partial charge is 0.493 e. The lowest BCUT2D eigenvalue weighted by molar-refractivity contribution is -0.140. The molecule has 0 saturated heterocycles. The Balaban J connectivity index is 2.13. The molecule has 6 nitrogen and oxygen atoms in total. The number of nitrogens with one attached hydrogen (secondary N) is 2. The minimum Gasteiger partial charge on any atom is -0.493 e. The lowest BCUT2D eigenvalue weighted by Crippen LogP contribution is -2.30. The Morgan fingerprint density at radius 3 is 2.54 bits per heavy atom. The Morgan fingerprint density at radius 1 is 1.23 bits per heavy atom. The van der Waals surface area contributed by atoms with Gasteiger partial charge in [0.25, 0.3) is 0 Å². The van der Waals surface area contributed by atoms with E-state index < -0.39 is 11.9 Å². The zero-order valence-electron chi connectivity index (χ0n) is 14.5. The molecule has 0 radical (unpaired) electrons. The smallest absolute Gasteiger partial charge is 0.434 e. The fraction of sp³-hybridized carbons (Fsp3) is 0.375. The van der Waals surface area contributed by atoms with Gasteiger partial charge in [-0.3, -0.25) is 0 Å². The number of methoxy groups -OCH3 is 2. The standard InChI is InChI=1S/C16H19F3N4O2S/c1-4-20-15(21-8-14-23-13(9-26-14)16(17,18)19)22-10-5-6-11(24-2)12(7-10)25-3/h5-7,9H,4,8H2,1-3H3,(H2,20,21,22). The van der Waals surface area contributed by atoms with E-state index in [1.54, 1.807) is 25.3 Å². The highest BCUT2D eigenvalue weighted by Gasteiger charge is 2.33. The zero-order chi connectivity index (χ0) is 19.2. The van der Waals surface area contributed by atoms with E-state index in [-0.39, 0.29) is 11.6 Å². The van der Waals surface area contributed by atoms with Gasteiger partial charge in [0.15, 0.2) is 23.2 Å². The van der Waals surface area contributed by atoms with E-state index in [9.17, 15) is 13.2 Å². The number of hydrogen-bond donors (Lipinski definition) is 2. The van der Waals surface area contributed by atoms with Gasteiger partial charge in [-0.25, -0.2) is 9.98 Å². The summed E-state index contributed by atoms with van der Waals surface area (Å²) in [4.78, 5) is 7.84. The third-order valence-electron chi connectivity index (χ3n) is 3.21. The number of halogens is 3. The molecule has 0 aliphatic carbocycles. The van der Waals surface area contributed by atoms with Crippen LogP contribution in [-0.2, 0) is 12.7 Å². The summed E-state index contributed by atoms with van der Waals surface area (Å²) in [7, 11) is 3.07. The van der Waals surface area contributed by atoms with E-state index in [0.29, 0.717) is 29.7 Å². The van der Waals surface area contributed by atoms with Gasteiger partial charge in [-0.15, -0.1) is 11.3 Å². The third kappa shape index (κ3) is 5.25. The second-order valence-corrected chi connectivity index (χ2v) is 5.96. The lowest BCUT2D eigenvalue weighted by atomic mass is 10.3. The first kappa shape index (κ1) is 19.8. The maximum absolute atomic E-state index is 12.6. The highest BCUT2D eigenvalue weighted by Crippen LogP contribution is 2.31. The van der Waals surface area contributed by atoms with Crippen LogP contribution in [0.15, 0.2) is 28.6 Å². The molecule has 0 atom stereocenters. The molecule has 26 heavy (non-hydrogen) atoms. The summed E-state index contributed by atoms with van der Waals surface area (Å²) in [5, 5.41) is 7.36. The van der Waals surface area contributed by atoms with Crippen molar-refractivity contribution in [1.29, 1.82) is 0 Å². The van der Waals surface area contributed by atoms with Gasteiger partial charge in [-0.05, 0) is 19.1 Å². The van der Waals surface area contributed by atoms with Crippen LogP contribution in [0.4, 0.5) is 18.9 Å². The monoisotopic (exact) mass is 388 g/mol. The van der Waals surface area contributed by atoms with Crippen molar-refractivity contribution in [2.45, 2.75) is 19.6 Å². The number of nitrogens with zero attached hydrogens (tertiary/aromatic N) is 2. The Bertz CT molecular complexity index is 762. The molecule has 1 aromatic carbocycles. The fourth-order valence-corrected chi connectivity index (χ4v) is 2.74. The van der Waals surface area contributed by atoms with Crippen molar-refractivity contribution in [1.82, 2.24) is 10.3 Å². The summed E-state index contributed by atoms with van der Waals surface area (Å²) in [5.74, 6) is 1.55. The number of hydrogen-bond acceptors (Lipinski definition) is 5. The molecule has 0 saturated carbocycles. The van der Waals surface area contributed by atoms with Crippen LogP contribution in [0.3, 0.4) is 0 Å². The predicted molar refractivity (Wildman–Crippen MR) is 95.1 cm³/mol. The quantitative estimate of drug-likeness (QED) is 0.583. The number of thiazole rings is 1. The molecule has 1 aromatic heterocycles. The predicted octanol–water partition coefficient (Wildman–Crippen LogP) is 3.76. The minimum atomic E-state index is -4.44. The van der Waals surface area contributed by atoms with Gasteiger partial charge in [0.1, 0.15) is 5.01 Å². The van der Waals surface area contributed by atoms with Crippen LogP contribution < -0.4 is 20.1 Å². The SMILES string of the molecule is CCNC(=NCc1nc(C(F)(F)F)cs1)Nc1ccc(OC)c(OC)c1. The molecule has 2 N–H and O–H groups in total. The molecule has 0 amide bonds. The summed E-state index contributed by atoms with van der Waals surface area (Å²) in [5.41, 5.74) is -0.206. The van der Waals surface area contributed by atoms with Crippen LogP contribution in [0.25, 0.3) is 0 Å². The molecule has 142 valence electrons. The molecule has 0 unspecified atom stereocenters. The summed E-state index contributed by atoms with van der Waals surface area (Å²) >= 11 is 0.924. The maximum Gasteiger partial charge on any atom is 0.434 e. The average Bonchev–Trinajstić information content (AvgIpc) is 3.09. The Labute approximate surface area is 153 Å². The van der Waals surface area contributed by atoms with Crippen LogP contribution >= 0.6 is 11.3 Å². The number of aliphatic imine (C=N–C) groups is 1. The second kappa shape index (κ2) is 8.75. The fourth-order valence-electron chi connectivity index (χ4n) is 2.02. The Kier molecular flexibility index (Phi) is 6.67. The van der Waals surface area contributed by atoms with E-state index in [0.717, 1.165) is 16.7 Å². The van der Waals surface area contributed by atoms with Gasteiger partial charge in [0.2, 0.25) is 0 Å². The van der Waals surface area contributed by atoms with Crippen molar-refractivity contribution in [2.24, 2.45) is 4.99 Å². The number of anilines is 1. The van der Waals surface area contributed by atoms with Crippen molar-refractivity contribution in [3.05, 3.63) is 34.3 Å². The Morgan fingerprint density at radius 2 is 1.96 bits per heavy atom. The third-order valence-corrected chi connectivity index (χ3v) is 4.04. The van der Waals surface area contributed by atoms with Gasteiger partial charge < -0.3 is 20.1 Å². The van der Waals surface area contributed by atoms with Gasteiger partial charge >= 0.3 is 6.18 Å². The zero-order valence-corrected chi connectivity index (χ0v) is 15.3. The highest BCUT2D eigenvalue weighted by molar-refractivity contribution is 7.09. The van der Waals surface area contributed by atoms with Gasteiger partial charge in [-0.2, -0.15) is 13.2 Å². The molecule has 0 aliphatic rings. The summed E-state index contributed by atoms with van der Waals surface area (Å²) in [6.45, 7) is 2.51. The molecule has 10 heteroatoms. The molecular formula is C16H19F3N4O2S. The molecule has 0 spiro atoms. The van der Waals surface area contributed by atoms with Crippen LogP contribution in [0.1, 0.15) is 17.6 Å². The molecular weight excluding hydrogens is 369 g/mol. The normalized spacial score (nSPS) is 12.0. The van der Waals surface area contributed by atoms with Crippen LogP contribution in [0, 0.1) is 0 Å². The number of guanidine groups is 1. The number of rotatable bonds is 6. The van der Waals surface area contributed by atoms with Crippen LogP contribution in [0.2, 0.25) is 0 Å². The van der Waals surface area contributed by atoms with E-state index in [1.807, 2.05) is 6.92 Å². The molecule has 0 fully saturated rings. The van der Waals surface area contributed by atoms with Crippen molar-refractivity contribution in [2.75, 3.05) is 26.1 Å². The second-order valence-electron chi connectivity index (χ2n) is 5.01. The number of alkyl halides is 3. The molecule has 0 bridgehead atoms. The van der Waals surface area contributed by atoms with Crippen LogP contribution in [-0.4, -0.2) is 31.7 Å². The van der Waals surface area contributed by atoms with Gasteiger partial charge in [0.05, 0.1) is 20.8 Å². The summed E-state index contributed by atoms with van der Waals surface area (Å²) in [6, 6.07) is 5.25. The summed E-state index contributed by atoms with van der Waals surface area (Å²) in [6.07, 6.45) is -4.44. The molecule has 2 rings (SSSR count). The van der Waals surface area contributed by atoms with Gasteiger partial charge in [0, 0.05) is 23.7 Å². The maximum atomic E-state index is 12.6. The van der Waals surface area contributed by atoms with Crippen molar-refractivity contribution in [3.63, 3.8) is 0 Å². The highest BCUT2D eigenvalue weighted by atomic mass is 32.1.